The predicted molar refractivity (Wildman–Crippen MR) is 54.9 cm³/mol. The predicted octanol–water partition coefficient (Wildman–Crippen LogP) is 3.29. The van der Waals surface area contributed by atoms with Gasteiger partial charge in [-0.3, -0.25) is 0 Å². The number of hydrogen-bond acceptors (Lipinski definition) is 0. The topological polar surface area (TPSA) is 4.93 Å². The molecule has 1 aliphatic rings. The third-order valence-electron chi connectivity index (χ3n) is 3.24. The zero-order chi connectivity index (χ0) is 9.71. The van der Waals surface area contributed by atoms with Gasteiger partial charge < -0.3 is 4.57 Å². The highest BCUT2D eigenvalue weighted by atomic mass is 19.1. The van der Waals surface area contributed by atoms with Gasteiger partial charge >= 0.3 is 0 Å². The van der Waals surface area contributed by atoms with Crippen LogP contribution in [0.25, 0.3) is 10.9 Å². The Hall–Kier alpha value is -1.31. The van der Waals surface area contributed by atoms with Gasteiger partial charge in [-0.2, -0.15) is 0 Å². The summed E-state index contributed by atoms with van der Waals surface area (Å²) in [5.74, 6) is 0.456. The van der Waals surface area contributed by atoms with Crippen molar-refractivity contribution in [1.29, 1.82) is 0 Å². The fourth-order valence-corrected chi connectivity index (χ4v) is 2.39. The highest BCUT2D eigenvalue weighted by Crippen LogP contribution is 2.34. The van der Waals surface area contributed by atoms with E-state index in [1.165, 1.54) is 5.56 Å². The SMILES string of the molecule is CC1CCn2ccc3c(F)ccc1c32. The van der Waals surface area contributed by atoms with Crippen molar-refractivity contribution in [2.75, 3.05) is 0 Å². The highest BCUT2D eigenvalue weighted by molar-refractivity contribution is 5.85. The minimum absolute atomic E-state index is 0.100. The van der Waals surface area contributed by atoms with E-state index in [0.29, 0.717) is 5.92 Å². The zero-order valence-electron chi connectivity index (χ0n) is 8.13. The molecule has 0 fully saturated rings. The van der Waals surface area contributed by atoms with E-state index in [9.17, 15) is 4.39 Å². The van der Waals surface area contributed by atoms with Gasteiger partial charge in [-0.1, -0.05) is 13.0 Å². The molecule has 0 aliphatic carbocycles. The minimum atomic E-state index is -0.100. The van der Waals surface area contributed by atoms with Gasteiger partial charge in [0.05, 0.1) is 5.52 Å². The molecule has 2 heterocycles. The summed E-state index contributed by atoms with van der Waals surface area (Å²) in [5.41, 5.74) is 2.39. The lowest BCUT2D eigenvalue weighted by Crippen LogP contribution is -2.10. The molecule has 0 saturated carbocycles. The molecule has 0 N–H and O–H groups in total. The van der Waals surface area contributed by atoms with Gasteiger partial charge in [0.25, 0.3) is 0 Å². The Morgan fingerprint density at radius 3 is 3.07 bits per heavy atom. The monoisotopic (exact) mass is 189 g/mol. The summed E-state index contributed by atoms with van der Waals surface area (Å²) in [6, 6.07) is 5.40. The average Bonchev–Trinajstić information content (AvgIpc) is 2.60. The average molecular weight is 189 g/mol. The molecule has 1 unspecified atom stereocenters. The first-order valence-electron chi connectivity index (χ1n) is 5.04. The van der Waals surface area contributed by atoms with Crippen molar-refractivity contribution in [2.24, 2.45) is 0 Å². The highest BCUT2D eigenvalue weighted by Gasteiger charge is 2.19. The number of aryl methyl sites for hydroxylation is 1. The molecule has 2 aromatic rings. The van der Waals surface area contributed by atoms with Crippen molar-refractivity contribution in [3.05, 3.63) is 35.8 Å². The van der Waals surface area contributed by atoms with Gasteiger partial charge in [0.1, 0.15) is 5.82 Å². The molecular formula is C12H12FN. The minimum Gasteiger partial charge on any atom is -0.347 e. The van der Waals surface area contributed by atoms with E-state index in [1.807, 2.05) is 18.3 Å². The first kappa shape index (κ1) is 8.04. The molecule has 0 radical (unpaired) electrons. The van der Waals surface area contributed by atoms with Crippen molar-refractivity contribution in [2.45, 2.75) is 25.8 Å². The van der Waals surface area contributed by atoms with Crippen LogP contribution in [0.15, 0.2) is 24.4 Å². The van der Waals surface area contributed by atoms with E-state index < -0.39 is 0 Å². The molecule has 1 atom stereocenters. The summed E-state index contributed by atoms with van der Waals surface area (Å²) in [4.78, 5) is 0. The van der Waals surface area contributed by atoms with Crippen molar-refractivity contribution < 1.29 is 4.39 Å². The maximum absolute atomic E-state index is 13.5. The molecule has 0 amide bonds. The lowest BCUT2D eigenvalue weighted by Gasteiger charge is -2.21. The summed E-state index contributed by atoms with van der Waals surface area (Å²) in [7, 11) is 0. The van der Waals surface area contributed by atoms with E-state index in [1.54, 1.807) is 6.07 Å². The number of benzene rings is 1. The van der Waals surface area contributed by atoms with Crippen molar-refractivity contribution >= 4 is 10.9 Å². The van der Waals surface area contributed by atoms with Gasteiger partial charge in [-0.25, -0.2) is 4.39 Å². The molecule has 0 bridgehead atoms. The summed E-state index contributed by atoms with van der Waals surface area (Å²) in [6.07, 6.45) is 3.14. The van der Waals surface area contributed by atoms with Crippen LogP contribution in [0.2, 0.25) is 0 Å². The molecule has 1 aromatic carbocycles. The Morgan fingerprint density at radius 2 is 2.21 bits per heavy atom. The normalized spacial score (nSPS) is 20.3. The first-order chi connectivity index (χ1) is 6.77. The van der Waals surface area contributed by atoms with Gasteiger partial charge in [-0.15, -0.1) is 0 Å². The third kappa shape index (κ3) is 0.884. The fourth-order valence-electron chi connectivity index (χ4n) is 2.39. The Labute approximate surface area is 82.2 Å². The summed E-state index contributed by atoms with van der Waals surface area (Å²) in [5, 5.41) is 0.772. The summed E-state index contributed by atoms with van der Waals surface area (Å²) in [6.45, 7) is 3.23. The maximum atomic E-state index is 13.5. The van der Waals surface area contributed by atoms with Crippen molar-refractivity contribution in [3.8, 4) is 0 Å². The number of rotatable bonds is 0. The second-order valence-corrected chi connectivity index (χ2v) is 4.10. The Morgan fingerprint density at radius 1 is 1.36 bits per heavy atom. The van der Waals surface area contributed by atoms with Gasteiger partial charge in [0.15, 0.2) is 0 Å². The molecule has 14 heavy (non-hydrogen) atoms. The summed E-state index contributed by atoms with van der Waals surface area (Å²) < 4.78 is 15.6. The third-order valence-corrected chi connectivity index (χ3v) is 3.24. The van der Waals surface area contributed by atoms with Crippen LogP contribution in [0, 0.1) is 5.82 Å². The largest absolute Gasteiger partial charge is 0.347 e. The van der Waals surface area contributed by atoms with Crippen LogP contribution in [-0.2, 0) is 6.54 Å². The molecule has 2 heteroatoms. The van der Waals surface area contributed by atoms with Crippen molar-refractivity contribution in [1.82, 2.24) is 4.57 Å². The first-order valence-corrected chi connectivity index (χ1v) is 5.04. The zero-order valence-corrected chi connectivity index (χ0v) is 8.13. The van der Waals surface area contributed by atoms with E-state index in [-0.39, 0.29) is 5.82 Å². The smallest absolute Gasteiger partial charge is 0.132 e. The van der Waals surface area contributed by atoms with Crippen LogP contribution in [-0.4, -0.2) is 4.57 Å². The molecule has 1 aromatic heterocycles. The van der Waals surface area contributed by atoms with Gasteiger partial charge in [-0.05, 0) is 30.0 Å². The van der Waals surface area contributed by atoms with Crippen LogP contribution >= 0.6 is 0 Å². The number of hydrogen-bond donors (Lipinski definition) is 0. The van der Waals surface area contributed by atoms with Crippen LogP contribution < -0.4 is 0 Å². The van der Waals surface area contributed by atoms with Crippen LogP contribution in [0.3, 0.4) is 0 Å². The van der Waals surface area contributed by atoms with Crippen LogP contribution in [0.5, 0.6) is 0 Å². The second kappa shape index (κ2) is 2.59. The number of aromatic nitrogens is 1. The van der Waals surface area contributed by atoms with Crippen LogP contribution in [0.4, 0.5) is 4.39 Å². The molecule has 0 saturated heterocycles. The lowest BCUT2D eigenvalue weighted by atomic mass is 9.93. The number of nitrogens with zero attached hydrogens (tertiary/aromatic N) is 1. The van der Waals surface area contributed by atoms with Gasteiger partial charge in [0.2, 0.25) is 0 Å². The molecule has 0 spiro atoms. The lowest BCUT2D eigenvalue weighted by molar-refractivity contribution is 0.560. The fraction of sp³-hybridized carbons (Fsp3) is 0.333. The van der Waals surface area contributed by atoms with Gasteiger partial charge in [0, 0.05) is 18.1 Å². The van der Waals surface area contributed by atoms with E-state index in [4.69, 9.17) is 0 Å². The van der Waals surface area contributed by atoms with E-state index >= 15 is 0 Å². The Kier molecular flexibility index (Phi) is 1.49. The molecule has 72 valence electrons. The van der Waals surface area contributed by atoms with E-state index in [0.717, 1.165) is 23.9 Å². The second-order valence-electron chi connectivity index (χ2n) is 4.10. The maximum Gasteiger partial charge on any atom is 0.132 e. The Balaban J connectivity index is 2.46. The molecule has 3 rings (SSSR count). The quantitative estimate of drug-likeness (QED) is 0.599. The Bertz CT molecular complexity index is 498. The molecule has 1 aliphatic heterocycles. The standard InChI is InChI=1S/C12H12FN/c1-8-4-6-14-7-5-10-11(13)3-2-9(8)12(10)14/h2-3,5,7-8H,4,6H2,1H3. The van der Waals surface area contributed by atoms with E-state index in [2.05, 4.69) is 11.5 Å². The number of halogens is 1. The molecule has 1 nitrogen and oxygen atoms in total. The summed E-state index contributed by atoms with van der Waals surface area (Å²) >= 11 is 0. The van der Waals surface area contributed by atoms with Crippen molar-refractivity contribution in [3.63, 3.8) is 0 Å². The van der Waals surface area contributed by atoms with Crippen LogP contribution in [0.1, 0.15) is 24.8 Å². The molecular weight excluding hydrogens is 177 g/mol.